The number of nitro groups is 1. The van der Waals surface area contributed by atoms with Crippen molar-refractivity contribution in [2.24, 2.45) is 0 Å². The summed E-state index contributed by atoms with van der Waals surface area (Å²) in [4.78, 5) is 34.8. The molecule has 2 aromatic carbocycles. The van der Waals surface area contributed by atoms with Gasteiger partial charge in [0, 0.05) is 30.4 Å². The Balaban J connectivity index is 1.61. The molecule has 33 heavy (non-hydrogen) atoms. The van der Waals surface area contributed by atoms with Gasteiger partial charge in [-0.2, -0.15) is 4.31 Å². The van der Waals surface area contributed by atoms with Crippen LogP contribution in [0.4, 0.5) is 11.4 Å². The Bertz CT molecular complexity index is 1160. The van der Waals surface area contributed by atoms with E-state index < -0.39 is 33.4 Å². The highest BCUT2D eigenvalue weighted by molar-refractivity contribution is 7.89. The van der Waals surface area contributed by atoms with Gasteiger partial charge in [-0.05, 0) is 37.5 Å². The third-order valence-electron chi connectivity index (χ3n) is 5.29. The monoisotopic (exact) mass is 475 g/mol. The number of aryl methyl sites for hydroxylation is 1. The van der Waals surface area contributed by atoms with Crippen LogP contribution >= 0.6 is 0 Å². The standard InChI is InChI=1S/C22H25N3O7S/c1-16-9-10-18(14-20(16)33(30,31)24-11-5-2-6-12-24)23-21(26)15-32-22(27)13-17-7-3-4-8-19(17)25(28)29/h3-4,7-10,14H,2,5-6,11-13,15H2,1H3,(H,23,26). The van der Waals surface area contributed by atoms with E-state index in [1.807, 2.05) is 0 Å². The zero-order valence-corrected chi connectivity index (χ0v) is 19.0. The zero-order chi connectivity index (χ0) is 24.0. The molecule has 2 aromatic rings. The molecule has 1 heterocycles. The van der Waals surface area contributed by atoms with Crippen LogP contribution in [0, 0.1) is 17.0 Å². The number of nitrogens with one attached hydrogen (secondary N) is 1. The fourth-order valence-corrected chi connectivity index (χ4v) is 5.36. The Morgan fingerprint density at radius 2 is 1.82 bits per heavy atom. The number of para-hydroxylation sites is 1. The molecule has 1 aliphatic rings. The number of amides is 1. The molecule has 0 radical (unpaired) electrons. The van der Waals surface area contributed by atoms with Gasteiger partial charge in [-0.25, -0.2) is 8.42 Å². The number of carbonyl (C=O) groups is 2. The first-order chi connectivity index (χ1) is 15.7. The number of piperidine rings is 1. The second-order valence-electron chi connectivity index (χ2n) is 7.72. The van der Waals surface area contributed by atoms with Crippen molar-refractivity contribution in [1.82, 2.24) is 4.31 Å². The van der Waals surface area contributed by atoms with Crippen molar-refractivity contribution in [3.05, 3.63) is 63.7 Å². The highest BCUT2D eigenvalue weighted by Crippen LogP contribution is 2.26. The van der Waals surface area contributed by atoms with E-state index in [0.29, 0.717) is 18.7 Å². The fourth-order valence-electron chi connectivity index (χ4n) is 3.59. The first-order valence-electron chi connectivity index (χ1n) is 10.5. The molecule has 1 fully saturated rings. The summed E-state index contributed by atoms with van der Waals surface area (Å²) in [6.07, 6.45) is 2.27. The molecular weight excluding hydrogens is 450 g/mol. The molecule has 0 unspecified atom stereocenters. The van der Waals surface area contributed by atoms with Gasteiger partial charge in [0.2, 0.25) is 10.0 Å². The maximum absolute atomic E-state index is 13.0. The highest BCUT2D eigenvalue weighted by Gasteiger charge is 2.27. The first kappa shape index (κ1) is 24.3. The third kappa shape index (κ3) is 6.14. The maximum atomic E-state index is 13.0. The summed E-state index contributed by atoms with van der Waals surface area (Å²) < 4.78 is 32.4. The smallest absolute Gasteiger partial charge is 0.311 e. The van der Waals surface area contributed by atoms with Crippen LogP contribution in [0.25, 0.3) is 0 Å². The van der Waals surface area contributed by atoms with E-state index in [1.54, 1.807) is 25.1 Å². The van der Waals surface area contributed by atoms with E-state index in [1.165, 1.54) is 28.6 Å². The van der Waals surface area contributed by atoms with Gasteiger partial charge in [0.05, 0.1) is 16.2 Å². The van der Waals surface area contributed by atoms with E-state index in [2.05, 4.69) is 5.32 Å². The minimum atomic E-state index is -3.68. The number of nitro benzene ring substituents is 1. The largest absolute Gasteiger partial charge is 0.455 e. The minimum Gasteiger partial charge on any atom is -0.455 e. The van der Waals surface area contributed by atoms with Crippen LogP contribution in [0.1, 0.15) is 30.4 Å². The maximum Gasteiger partial charge on any atom is 0.311 e. The van der Waals surface area contributed by atoms with E-state index in [9.17, 15) is 28.1 Å². The molecule has 0 saturated carbocycles. The third-order valence-corrected chi connectivity index (χ3v) is 7.33. The molecule has 10 nitrogen and oxygen atoms in total. The van der Waals surface area contributed by atoms with Crippen LogP contribution in [0.3, 0.4) is 0 Å². The van der Waals surface area contributed by atoms with E-state index >= 15 is 0 Å². The summed E-state index contributed by atoms with van der Waals surface area (Å²) in [6, 6.07) is 10.3. The number of carbonyl (C=O) groups excluding carboxylic acids is 2. The lowest BCUT2D eigenvalue weighted by Crippen LogP contribution is -2.36. The van der Waals surface area contributed by atoms with Gasteiger partial charge in [0.25, 0.3) is 11.6 Å². The number of nitrogens with zero attached hydrogens (tertiary/aromatic N) is 2. The number of hydrogen-bond donors (Lipinski definition) is 1. The molecule has 11 heteroatoms. The lowest BCUT2D eigenvalue weighted by atomic mass is 10.1. The highest BCUT2D eigenvalue weighted by atomic mass is 32.2. The van der Waals surface area contributed by atoms with Crippen LogP contribution in [0.15, 0.2) is 47.4 Å². The van der Waals surface area contributed by atoms with Gasteiger partial charge < -0.3 is 10.1 Å². The number of ether oxygens (including phenoxy) is 1. The Kier molecular flexibility index (Phi) is 7.77. The van der Waals surface area contributed by atoms with Gasteiger partial charge in [-0.1, -0.05) is 30.7 Å². The number of hydrogen-bond acceptors (Lipinski definition) is 7. The SMILES string of the molecule is Cc1ccc(NC(=O)COC(=O)Cc2ccccc2[N+](=O)[O-])cc1S(=O)(=O)N1CCCCC1. The number of rotatable bonds is 8. The molecule has 0 spiro atoms. The summed E-state index contributed by atoms with van der Waals surface area (Å²) in [7, 11) is -3.68. The average molecular weight is 476 g/mol. The topological polar surface area (TPSA) is 136 Å². The lowest BCUT2D eigenvalue weighted by Gasteiger charge is -2.26. The summed E-state index contributed by atoms with van der Waals surface area (Å²) in [6.45, 7) is 2.01. The van der Waals surface area contributed by atoms with Crippen LogP contribution in [0.2, 0.25) is 0 Å². The second kappa shape index (κ2) is 10.5. The van der Waals surface area contributed by atoms with Crippen molar-refractivity contribution in [2.45, 2.75) is 37.5 Å². The molecule has 0 aromatic heterocycles. The zero-order valence-electron chi connectivity index (χ0n) is 18.2. The summed E-state index contributed by atoms with van der Waals surface area (Å²) in [5.74, 6) is -1.45. The normalized spacial score (nSPS) is 14.5. The van der Waals surface area contributed by atoms with Crippen molar-refractivity contribution < 1.29 is 27.7 Å². The summed E-state index contributed by atoms with van der Waals surface area (Å²) >= 11 is 0. The minimum absolute atomic E-state index is 0.121. The van der Waals surface area contributed by atoms with Gasteiger partial charge in [-0.3, -0.25) is 19.7 Å². The molecule has 3 rings (SSSR count). The van der Waals surface area contributed by atoms with E-state index in [0.717, 1.165) is 19.3 Å². The predicted molar refractivity (Wildman–Crippen MR) is 120 cm³/mol. The number of esters is 1. The van der Waals surface area contributed by atoms with Gasteiger partial charge in [0.15, 0.2) is 6.61 Å². The molecule has 0 bridgehead atoms. The van der Waals surface area contributed by atoms with Crippen LogP contribution < -0.4 is 5.32 Å². The Morgan fingerprint density at radius 1 is 1.12 bits per heavy atom. The number of sulfonamides is 1. The van der Waals surface area contributed by atoms with Crippen LogP contribution in [0.5, 0.6) is 0 Å². The fraction of sp³-hybridized carbons (Fsp3) is 0.364. The predicted octanol–water partition coefficient (Wildman–Crippen LogP) is 2.80. The molecule has 1 amide bonds. The molecule has 1 saturated heterocycles. The van der Waals surface area contributed by atoms with Crippen molar-refractivity contribution in [3.8, 4) is 0 Å². The number of benzene rings is 2. The van der Waals surface area contributed by atoms with Crippen molar-refractivity contribution >= 4 is 33.3 Å². The summed E-state index contributed by atoms with van der Waals surface area (Å²) in [5, 5.41) is 13.6. The second-order valence-corrected chi connectivity index (χ2v) is 9.62. The Labute approximate surface area is 191 Å². The van der Waals surface area contributed by atoms with E-state index in [-0.39, 0.29) is 28.3 Å². The Hall–Kier alpha value is -3.31. The molecule has 0 aliphatic carbocycles. The van der Waals surface area contributed by atoms with Crippen molar-refractivity contribution in [1.29, 1.82) is 0 Å². The van der Waals surface area contributed by atoms with Gasteiger partial charge >= 0.3 is 5.97 Å². The van der Waals surface area contributed by atoms with Crippen molar-refractivity contribution in [3.63, 3.8) is 0 Å². The van der Waals surface area contributed by atoms with Gasteiger partial charge in [-0.15, -0.1) is 0 Å². The van der Waals surface area contributed by atoms with Gasteiger partial charge in [0.1, 0.15) is 0 Å². The number of anilines is 1. The van der Waals surface area contributed by atoms with E-state index in [4.69, 9.17) is 4.74 Å². The Morgan fingerprint density at radius 3 is 2.52 bits per heavy atom. The molecule has 1 aliphatic heterocycles. The average Bonchev–Trinajstić information content (AvgIpc) is 2.79. The van der Waals surface area contributed by atoms with Crippen LogP contribution in [-0.4, -0.2) is 49.2 Å². The molecular formula is C22H25N3O7S. The quantitative estimate of drug-likeness (QED) is 0.352. The first-order valence-corrected chi connectivity index (χ1v) is 11.9. The molecule has 176 valence electrons. The molecule has 1 N–H and O–H groups in total. The van der Waals surface area contributed by atoms with Crippen molar-refractivity contribution in [2.75, 3.05) is 25.0 Å². The summed E-state index contributed by atoms with van der Waals surface area (Å²) in [5.41, 5.74) is 0.797. The molecule has 0 atom stereocenters. The lowest BCUT2D eigenvalue weighted by molar-refractivity contribution is -0.385. The van der Waals surface area contributed by atoms with Crippen LogP contribution in [-0.2, 0) is 30.8 Å².